The van der Waals surface area contributed by atoms with Crippen LogP contribution >= 0.6 is 0 Å². The second kappa shape index (κ2) is 15.2. The molecule has 9 aromatic carbocycles. The number of aromatic nitrogens is 1. The number of para-hydroxylation sites is 2. The molecule has 0 radical (unpaired) electrons. The topological polar surface area (TPSA) is 8.17 Å². The van der Waals surface area contributed by atoms with Gasteiger partial charge in [0.25, 0.3) is 0 Å². The van der Waals surface area contributed by atoms with Gasteiger partial charge in [-0.05, 0) is 135 Å². The molecule has 1 atom stereocenters. The maximum absolute atomic E-state index is 2.51. The molecule has 298 valence electrons. The lowest BCUT2D eigenvalue weighted by molar-refractivity contribution is 0.452. The van der Waals surface area contributed by atoms with Crippen molar-refractivity contribution in [1.29, 1.82) is 0 Å². The average molecular weight is 805 g/mol. The lowest BCUT2D eigenvalue weighted by Gasteiger charge is -2.40. The largest absolute Gasteiger partial charge is 0.310 e. The Labute approximate surface area is 369 Å². The first-order valence-corrected chi connectivity index (χ1v) is 22.0. The molecule has 0 N–H and O–H groups in total. The van der Waals surface area contributed by atoms with E-state index in [1.54, 1.807) is 0 Å². The highest BCUT2D eigenvalue weighted by Gasteiger charge is 2.50. The summed E-state index contributed by atoms with van der Waals surface area (Å²) in [4.78, 5) is 2.35. The van der Waals surface area contributed by atoms with Crippen molar-refractivity contribution >= 4 is 34.0 Å². The van der Waals surface area contributed by atoms with Crippen molar-refractivity contribution in [2.45, 2.75) is 11.8 Å². The van der Waals surface area contributed by atoms with E-state index in [0.29, 0.717) is 0 Å². The number of hydrogen-bond acceptors (Lipinski definition) is 1. The van der Waals surface area contributed by atoms with Crippen LogP contribution in [0.25, 0.3) is 56.0 Å². The third-order valence-electron chi connectivity index (χ3n) is 13.5. The van der Waals surface area contributed by atoms with Crippen molar-refractivity contribution in [1.82, 2.24) is 4.57 Å². The smallest absolute Gasteiger partial charge is 0.0538 e. The van der Waals surface area contributed by atoms with E-state index in [4.69, 9.17) is 0 Å². The average Bonchev–Trinajstić information content (AvgIpc) is 3.86. The summed E-state index contributed by atoms with van der Waals surface area (Å²) in [6, 6.07) is 86.6. The van der Waals surface area contributed by atoms with Gasteiger partial charge in [-0.1, -0.05) is 182 Å². The molecule has 0 bridgehead atoms. The van der Waals surface area contributed by atoms with Crippen molar-refractivity contribution in [2.75, 3.05) is 4.90 Å². The molecule has 2 heteroatoms. The van der Waals surface area contributed by atoms with Gasteiger partial charge >= 0.3 is 0 Å². The summed E-state index contributed by atoms with van der Waals surface area (Å²) < 4.78 is 2.47. The first-order chi connectivity index (χ1) is 31.3. The van der Waals surface area contributed by atoms with Crippen molar-refractivity contribution in [3.05, 3.63) is 271 Å². The molecule has 12 rings (SSSR count). The van der Waals surface area contributed by atoms with E-state index in [1.807, 2.05) is 0 Å². The van der Waals surface area contributed by atoms with E-state index in [-0.39, 0.29) is 11.3 Å². The van der Waals surface area contributed by atoms with Gasteiger partial charge in [0, 0.05) is 33.8 Å². The van der Waals surface area contributed by atoms with Crippen LogP contribution in [0.5, 0.6) is 0 Å². The van der Waals surface area contributed by atoms with Crippen molar-refractivity contribution < 1.29 is 0 Å². The molecule has 0 amide bonds. The van der Waals surface area contributed by atoms with E-state index in [9.17, 15) is 0 Å². The van der Waals surface area contributed by atoms with Gasteiger partial charge in [0.1, 0.15) is 0 Å². The summed E-state index contributed by atoms with van der Waals surface area (Å²) in [7, 11) is 0. The molecule has 0 fully saturated rings. The highest BCUT2D eigenvalue weighted by Crippen LogP contribution is 2.58. The molecule has 0 saturated carbocycles. The van der Waals surface area contributed by atoms with Gasteiger partial charge in [-0.2, -0.15) is 0 Å². The molecule has 1 aromatic heterocycles. The van der Waals surface area contributed by atoms with Crippen LogP contribution in [0.4, 0.5) is 17.1 Å². The van der Waals surface area contributed by atoms with Crippen LogP contribution < -0.4 is 4.90 Å². The molecular formula is C61H44N2. The van der Waals surface area contributed by atoms with E-state index < -0.39 is 0 Å². The summed E-state index contributed by atoms with van der Waals surface area (Å²) in [6.45, 7) is 0. The minimum atomic E-state index is -0.345. The van der Waals surface area contributed by atoms with E-state index in [0.717, 1.165) is 23.5 Å². The zero-order chi connectivity index (χ0) is 41.7. The fourth-order valence-corrected chi connectivity index (χ4v) is 10.8. The molecule has 2 aliphatic rings. The first-order valence-electron chi connectivity index (χ1n) is 22.0. The number of fused-ring (bicyclic) bond motifs is 6. The van der Waals surface area contributed by atoms with Gasteiger partial charge in [-0.3, -0.25) is 0 Å². The second-order valence-corrected chi connectivity index (χ2v) is 16.8. The molecule has 2 nitrogen and oxygen atoms in total. The molecule has 1 unspecified atom stereocenters. The van der Waals surface area contributed by atoms with Crippen LogP contribution in [-0.2, 0) is 11.8 Å². The van der Waals surface area contributed by atoms with Gasteiger partial charge in [0.15, 0.2) is 0 Å². The molecule has 0 saturated heterocycles. The standard InChI is InChI=1S/C61H44N2/c1-5-18-43(19-6-1)45-20-17-27-52(40-45)62(49-23-9-3-10-24-49)51-36-32-44(33-37-51)46-34-38-59-55(41-46)56-42-48(35-39-60(56)63(59)50-25-11-4-12-26-50)61(47-21-7-2-8-22-47)57-30-15-13-28-53(57)54-29-14-16-31-58(54)61/h1-41,48H,42H2. The van der Waals surface area contributed by atoms with Crippen LogP contribution in [0.2, 0.25) is 0 Å². The van der Waals surface area contributed by atoms with Crippen LogP contribution in [0.15, 0.2) is 243 Å². The Hall–Kier alpha value is -7.94. The summed E-state index contributed by atoms with van der Waals surface area (Å²) in [5.41, 5.74) is 19.6. The second-order valence-electron chi connectivity index (χ2n) is 16.8. The zero-order valence-corrected chi connectivity index (χ0v) is 34.9. The lowest BCUT2D eigenvalue weighted by atomic mass is 9.61. The van der Waals surface area contributed by atoms with Gasteiger partial charge in [0.2, 0.25) is 0 Å². The number of rotatable bonds is 8. The number of allylic oxidation sites excluding steroid dienone is 1. The molecule has 0 spiro atoms. The normalized spacial score (nSPS) is 14.5. The highest BCUT2D eigenvalue weighted by molar-refractivity contribution is 5.95. The van der Waals surface area contributed by atoms with Crippen LogP contribution in [0, 0.1) is 5.92 Å². The Morgan fingerprint density at radius 3 is 1.65 bits per heavy atom. The summed E-state index contributed by atoms with van der Waals surface area (Å²) in [5.74, 6) is 0.180. The van der Waals surface area contributed by atoms with Gasteiger partial charge in [-0.25, -0.2) is 0 Å². The predicted octanol–water partition coefficient (Wildman–Crippen LogP) is 15.6. The first kappa shape index (κ1) is 36.9. The Balaban J connectivity index is 0.981. The Morgan fingerprint density at radius 2 is 0.952 bits per heavy atom. The number of benzene rings is 9. The van der Waals surface area contributed by atoms with Crippen molar-refractivity contribution in [2.24, 2.45) is 5.92 Å². The lowest BCUT2D eigenvalue weighted by Crippen LogP contribution is -2.37. The molecule has 2 aliphatic carbocycles. The maximum Gasteiger partial charge on any atom is 0.0538 e. The van der Waals surface area contributed by atoms with Gasteiger partial charge < -0.3 is 9.47 Å². The molecular weight excluding hydrogens is 761 g/mol. The molecule has 0 aliphatic heterocycles. The summed E-state index contributed by atoms with van der Waals surface area (Å²) >= 11 is 0. The zero-order valence-electron chi connectivity index (χ0n) is 34.9. The maximum atomic E-state index is 2.51. The Kier molecular flexibility index (Phi) is 8.90. The molecule has 1 heterocycles. The van der Waals surface area contributed by atoms with Gasteiger partial charge in [-0.15, -0.1) is 0 Å². The van der Waals surface area contributed by atoms with Crippen LogP contribution in [0.1, 0.15) is 27.9 Å². The highest BCUT2D eigenvalue weighted by atomic mass is 15.1. The molecule has 10 aromatic rings. The summed E-state index contributed by atoms with van der Waals surface area (Å²) in [6.07, 6.45) is 5.83. The predicted molar refractivity (Wildman–Crippen MR) is 263 cm³/mol. The summed E-state index contributed by atoms with van der Waals surface area (Å²) in [5, 5.41) is 1.30. The fraction of sp³-hybridized carbons (Fsp3) is 0.0492. The van der Waals surface area contributed by atoms with Crippen LogP contribution in [0.3, 0.4) is 0 Å². The number of hydrogen-bond donors (Lipinski definition) is 0. The third kappa shape index (κ3) is 6.02. The van der Waals surface area contributed by atoms with Crippen molar-refractivity contribution in [3.63, 3.8) is 0 Å². The quantitative estimate of drug-likeness (QED) is 0.149. The minimum absolute atomic E-state index is 0.180. The monoisotopic (exact) mass is 804 g/mol. The number of anilines is 3. The van der Waals surface area contributed by atoms with Gasteiger partial charge in [0.05, 0.1) is 10.9 Å². The molecule has 63 heavy (non-hydrogen) atoms. The van der Waals surface area contributed by atoms with E-state index in [2.05, 4.69) is 258 Å². The number of nitrogens with zero attached hydrogens (tertiary/aromatic N) is 2. The van der Waals surface area contributed by atoms with E-state index in [1.165, 1.54) is 77.9 Å². The minimum Gasteiger partial charge on any atom is -0.310 e. The van der Waals surface area contributed by atoms with E-state index >= 15 is 0 Å². The van der Waals surface area contributed by atoms with Crippen molar-refractivity contribution in [3.8, 4) is 39.1 Å². The third-order valence-corrected chi connectivity index (χ3v) is 13.5. The Morgan fingerprint density at radius 1 is 0.429 bits per heavy atom. The Bertz CT molecular complexity index is 3250. The van der Waals surface area contributed by atoms with Crippen LogP contribution in [-0.4, -0.2) is 4.57 Å². The SMILES string of the molecule is C1=CC(C2(c3ccccc3)c3ccccc3-c3ccccc32)Cc2c1n(-c1ccccc1)c1ccc(-c3ccc(N(c4ccccc4)c4cccc(-c5ccccc5)c4)cc3)cc21. The fourth-order valence-electron chi connectivity index (χ4n) is 10.8.